The van der Waals surface area contributed by atoms with Gasteiger partial charge in [0.2, 0.25) is 0 Å². The van der Waals surface area contributed by atoms with Crippen molar-refractivity contribution >= 4 is 53.3 Å². The number of fused-ring (bicyclic) bond motifs is 1. The quantitative estimate of drug-likeness (QED) is 0.484. The smallest absolute Gasteiger partial charge is 0.332 e. The summed E-state index contributed by atoms with van der Waals surface area (Å²) >= 11 is 5.98. The fraction of sp³-hybridized carbons (Fsp3) is 0.476. The van der Waals surface area contributed by atoms with Gasteiger partial charge in [0.1, 0.15) is 0 Å². The van der Waals surface area contributed by atoms with Crippen LogP contribution in [0.3, 0.4) is 0 Å². The summed E-state index contributed by atoms with van der Waals surface area (Å²) in [7, 11) is 3.15. The van der Waals surface area contributed by atoms with E-state index in [1.165, 1.54) is 17.3 Å². The monoisotopic (exact) mass is 502 g/mol. The average molecular weight is 504 g/mol. The predicted octanol–water partition coefficient (Wildman–Crippen LogP) is 2.53. The molecule has 4 rings (SSSR count). The van der Waals surface area contributed by atoms with E-state index in [0.29, 0.717) is 17.7 Å². The van der Waals surface area contributed by atoms with Crippen LogP contribution < -0.4 is 16.1 Å². The molecule has 0 spiro atoms. The topological polar surface area (TPSA) is 68.3 Å². The van der Waals surface area contributed by atoms with Crippen LogP contribution in [0.4, 0.5) is 5.69 Å². The molecule has 2 aromatic heterocycles. The van der Waals surface area contributed by atoms with Crippen molar-refractivity contribution in [2.24, 2.45) is 14.1 Å². The van der Waals surface area contributed by atoms with E-state index in [4.69, 9.17) is 11.6 Å². The molecule has 1 saturated heterocycles. The van der Waals surface area contributed by atoms with Gasteiger partial charge in [-0.1, -0.05) is 11.6 Å². The first kappa shape index (κ1) is 26.3. The van der Waals surface area contributed by atoms with Crippen molar-refractivity contribution < 1.29 is 0 Å². The highest BCUT2D eigenvalue weighted by molar-refractivity contribution is 6.30. The second kappa shape index (κ2) is 11.2. The number of aryl methyl sites for hydroxylation is 2. The molecule has 1 aliphatic rings. The molecule has 1 aromatic carbocycles. The number of nitrogens with zero attached hydrogens (tertiary/aromatic N) is 6. The standard InChI is InChI=1S/C21H27ClN6O2.2ClH/c1-24-19-18(20(29)25(2)21(24)30)28(15-23-19)10-4-3-9-26-11-13-27(14-12-26)17-7-5-16(22)6-8-17;;/h5-8,15H,3-4,9-14H2,1-2H3;2*1H. The van der Waals surface area contributed by atoms with Gasteiger partial charge in [0, 0.05) is 57.5 Å². The highest BCUT2D eigenvalue weighted by atomic mass is 35.5. The Labute approximate surface area is 204 Å². The third-order valence-corrected chi connectivity index (χ3v) is 6.16. The summed E-state index contributed by atoms with van der Waals surface area (Å²) in [6.07, 6.45) is 3.66. The maximum absolute atomic E-state index is 12.5. The minimum atomic E-state index is -0.351. The van der Waals surface area contributed by atoms with Gasteiger partial charge < -0.3 is 9.47 Å². The van der Waals surface area contributed by atoms with Crippen molar-refractivity contribution in [3.05, 3.63) is 56.5 Å². The highest BCUT2D eigenvalue weighted by Gasteiger charge is 2.17. The molecule has 8 nitrogen and oxygen atoms in total. The number of imidazole rings is 1. The molecule has 3 heterocycles. The maximum atomic E-state index is 12.5. The zero-order valence-electron chi connectivity index (χ0n) is 18.2. The van der Waals surface area contributed by atoms with E-state index in [9.17, 15) is 9.59 Å². The van der Waals surface area contributed by atoms with Crippen molar-refractivity contribution in [1.29, 1.82) is 0 Å². The Kier molecular flexibility index (Phi) is 9.21. The van der Waals surface area contributed by atoms with Gasteiger partial charge in [-0.3, -0.25) is 18.8 Å². The molecule has 0 N–H and O–H groups in total. The second-order valence-electron chi connectivity index (χ2n) is 7.83. The number of anilines is 1. The van der Waals surface area contributed by atoms with Crippen LogP contribution in [0.2, 0.25) is 5.02 Å². The summed E-state index contributed by atoms with van der Waals surface area (Å²) in [6, 6.07) is 8.03. The summed E-state index contributed by atoms with van der Waals surface area (Å²) in [5.41, 5.74) is 1.53. The molecule has 0 bridgehead atoms. The van der Waals surface area contributed by atoms with Gasteiger partial charge in [0.25, 0.3) is 5.56 Å². The number of halogens is 3. The molecule has 1 aliphatic heterocycles. The zero-order chi connectivity index (χ0) is 21.3. The molecule has 0 saturated carbocycles. The molecule has 32 heavy (non-hydrogen) atoms. The summed E-state index contributed by atoms with van der Waals surface area (Å²) in [5.74, 6) is 0. The first-order valence-corrected chi connectivity index (χ1v) is 10.7. The van der Waals surface area contributed by atoms with Gasteiger partial charge in [-0.2, -0.15) is 0 Å². The lowest BCUT2D eigenvalue weighted by atomic mass is 10.2. The van der Waals surface area contributed by atoms with Crippen molar-refractivity contribution in [2.75, 3.05) is 37.6 Å². The lowest BCUT2D eigenvalue weighted by Crippen LogP contribution is -2.46. The van der Waals surface area contributed by atoms with E-state index >= 15 is 0 Å². The lowest BCUT2D eigenvalue weighted by Gasteiger charge is -2.36. The Bertz CT molecular complexity index is 1150. The van der Waals surface area contributed by atoms with Crippen LogP contribution in [0.5, 0.6) is 0 Å². The minimum absolute atomic E-state index is 0. The number of rotatable bonds is 6. The fourth-order valence-electron chi connectivity index (χ4n) is 4.07. The van der Waals surface area contributed by atoms with Gasteiger partial charge in [-0.15, -0.1) is 24.8 Å². The van der Waals surface area contributed by atoms with Crippen molar-refractivity contribution in [3.8, 4) is 0 Å². The number of piperazine rings is 1. The van der Waals surface area contributed by atoms with Gasteiger partial charge in [-0.25, -0.2) is 9.78 Å². The molecular formula is C21H29Cl3N6O2. The Morgan fingerprint density at radius 3 is 2.19 bits per heavy atom. The summed E-state index contributed by atoms with van der Waals surface area (Å²) in [6.45, 7) is 5.86. The molecule has 0 radical (unpaired) electrons. The molecule has 1 fully saturated rings. The van der Waals surface area contributed by atoms with E-state index in [-0.39, 0.29) is 36.1 Å². The van der Waals surface area contributed by atoms with E-state index in [1.807, 2.05) is 16.7 Å². The van der Waals surface area contributed by atoms with Crippen LogP contribution in [0.15, 0.2) is 40.2 Å². The second-order valence-corrected chi connectivity index (χ2v) is 8.26. The Morgan fingerprint density at radius 1 is 0.906 bits per heavy atom. The normalized spacial score (nSPS) is 14.3. The number of hydrogen-bond acceptors (Lipinski definition) is 5. The summed E-state index contributed by atoms with van der Waals surface area (Å²) in [4.78, 5) is 33.7. The SMILES string of the molecule is Cl.Cl.Cn1c(=O)c2c(ncn2CCCCN2CCN(c3ccc(Cl)cc3)CC2)n(C)c1=O. The van der Waals surface area contributed by atoms with Crippen LogP contribution in [-0.2, 0) is 20.6 Å². The predicted molar refractivity (Wildman–Crippen MR) is 134 cm³/mol. The average Bonchev–Trinajstić information content (AvgIpc) is 3.19. The molecule has 0 aliphatic carbocycles. The number of hydrogen-bond donors (Lipinski definition) is 0. The molecule has 0 atom stereocenters. The Balaban J connectivity index is 0.00000181. The van der Waals surface area contributed by atoms with Crippen LogP contribution in [0.1, 0.15) is 12.8 Å². The van der Waals surface area contributed by atoms with E-state index in [0.717, 1.165) is 55.2 Å². The summed E-state index contributed by atoms with van der Waals surface area (Å²) in [5, 5.41) is 0.767. The first-order valence-electron chi connectivity index (χ1n) is 10.3. The molecule has 0 unspecified atom stereocenters. The number of aromatic nitrogens is 4. The fourth-order valence-corrected chi connectivity index (χ4v) is 4.19. The van der Waals surface area contributed by atoms with Crippen molar-refractivity contribution in [1.82, 2.24) is 23.6 Å². The van der Waals surface area contributed by atoms with Crippen molar-refractivity contribution in [3.63, 3.8) is 0 Å². The van der Waals surface area contributed by atoms with Crippen LogP contribution in [0, 0.1) is 0 Å². The van der Waals surface area contributed by atoms with Gasteiger partial charge in [0.15, 0.2) is 11.2 Å². The molecular weight excluding hydrogens is 475 g/mol. The third-order valence-electron chi connectivity index (χ3n) is 5.90. The maximum Gasteiger partial charge on any atom is 0.332 e. The molecule has 0 amide bonds. The van der Waals surface area contributed by atoms with E-state index < -0.39 is 0 Å². The molecule has 3 aromatic rings. The minimum Gasteiger partial charge on any atom is -0.369 e. The third kappa shape index (κ3) is 5.31. The summed E-state index contributed by atoms with van der Waals surface area (Å²) < 4.78 is 4.43. The van der Waals surface area contributed by atoms with Gasteiger partial charge in [-0.05, 0) is 43.7 Å². The van der Waals surface area contributed by atoms with E-state index in [1.54, 1.807) is 13.4 Å². The highest BCUT2D eigenvalue weighted by Crippen LogP contribution is 2.19. The van der Waals surface area contributed by atoms with Gasteiger partial charge in [0.05, 0.1) is 6.33 Å². The van der Waals surface area contributed by atoms with Crippen LogP contribution in [-0.4, -0.2) is 56.3 Å². The zero-order valence-corrected chi connectivity index (χ0v) is 20.6. The lowest BCUT2D eigenvalue weighted by molar-refractivity contribution is 0.251. The van der Waals surface area contributed by atoms with Crippen LogP contribution >= 0.6 is 36.4 Å². The molecule has 11 heteroatoms. The Morgan fingerprint density at radius 2 is 1.53 bits per heavy atom. The number of unbranched alkanes of at least 4 members (excludes halogenated alkanes) is 1. The Hall–Kier alpha value is -2.00. The molecule has 176 valence electrons. The largest absolute Gasteiger partial charge is 0.369 e. The van der Waals surface area contributed by atoms with Crippen LogP contribution in [0.25, 0.3) is 11.2 Å². The first-order chi connectivity index (χ1) is 14.5. The van der Waals surface area contributed by atoms with Gasteiger partial charge >= 0.3 is 5.69 Å². The van der Waals surface area contributed by atoms with E-state index in [2.05, 4.69) is 26.9 Å². The van der Waals surface area contributed by atoms with Crippen molar-refractivity contribution in [2.45, 2.75) is 19.4 Å². The number of benzene rings is 1.